The minimum absolute atomic E-state index is 0.0760. The largest absolute Gasteiger partial charge is 0.480 e. The monoisotopic (exact) mass is 523 g/mol. The lowest BCUT2D eigenvalue weighted by Crippen LogP contribution is -2.59. The highest BCUT2D eigenvalue weighted by Gasteiger charge is 2.31. The maximum atomic E-state index is 13.2. The van der Waals surface area contributed by atoms with Gasteiger partial charge in [-0.05, 0) is 36.3 Å². The number of hydrogen-bond donors (Lipinski definition) is 6. The molecule has 11 nitrogen and oxygen atoms in total. The number of benzene rings is 1. The molecule has 4 atom stereocenters. The Balaban J connectivity index is 3.06. The van der Waals surface area contributed by atoms with Crippen LogP contribution in [-0.4, -0.2) is 70.9 Å². The molecule has 0 heterocycles. The number of thioether (sulfide) groups is 1. The van der Waals surface area contributed by atoms with Gasteiger partial charge in [-0.3, -0.25) is 19.2 Å². The molecule has 36 heavy (non-hydrogen) atoms. The number of amides is 4. The van der Waals surface area contributed by atoms with Gasteiger partial charge in [0.05, 0.1) is 6.04 Å². The van der Waals surface area contributed by atoms with Crippen LogP contribution in [-0.2, 0) is 30.4 Å². The van der Waals surface area contributed by atoms with Crippen LogP contribution < -0.4 is 27.4 Å². The van der Waals surface area contributed by atoms with Crippen molar-refractivity contribution < 1.29 is 29.1 Å². The summed E-state index contributed by atoms with van der Waals surface area (Å²) in [5.74, 6) is -3.47. The maximum absolute atomic E-state index is 13.2. The second-order valence-electron chi connectivity index (χ2n) is 8.77. The van der Waals surface area contributed by atoms with E-state index in [1.54, 1.807) is 55.9 Å². The fraction of sp³-hybridized carbons (Fsp3) is 0.542. The summed E-state index contributed by atoms with van der Waals surface area (Å²) in [6.45, 7) is 3.49. The van der Waals surface area contributed by atoms with Gasteiger partial charge >= 0.3 is 5.97 Å². The van der Waals surface area contributed by atoms with E-state index in [-0.39, 0.29) is 25.2 Å². The summed E-state index contributed by atoms with van der Waals surface area (Å²) < 4.78 is 0. The van der Waals surface area contributed by atoms with Crippen molar-refractivity contribution in [2.45, 2.75) is 63.7 Å². The van der Waals surface area contributed by atoms with Gasteiger partial charge in [-0.25, -0.2) is 4.79 Å². The van der Waals surface area contributed by atoms with Crippen molar-refractivity contribution >= 4 is 41.4 Å². The van der Waals surface area contributed by atoms with Gasteiger partial charge in [-0.1, -0.05) is 44.2 Å². The molecular weight excluding hydrogens is 486 g/mol. The molecule has 0 aliphatic heterocycles. The molecule has 0 radical (unpaired) electrons. The molecule has 0 aliphatic rings. The Morgan fingerprint density at radius 2 is 1.53 bits per heavy atom. The van der Waals surface area contributed by atoms with Gasteiger partial charge in [-0.2, -0.15) is 11.8 Å². The van der Waals surface area contributed by atoms with Crippen LogP contribution in [0.4, 0.5) is 0 Å². The molecule has 1 aromatic carbocycles. The van der Waals surface area contributed by atoms with Crippen molar-refractivity contribution in [1.29, 1.82) is 0 Å². The van der Waals surface area contributed by atoms with Crippen molar-refractivity contribution in [3.05, 3.63) is 35.9 Å². The third kappa shape index (κ3) is 11.1. The first kappa shape index (κ1) is 30.9. The number of carbonyl (C=O) groups excluding carboxylic acids is 4. The summed E-state index contributed by atoms with van der Waals surface area (Å²) in [5, 5.41) is 17.1. The summed E-state index contributed by atoms with van der Waals surface area (Å²) >= 11 is 1.55. The number of nitrogens with two attached hydrogens (primary N) is 2. The second-order valence-corrected chi connectivity index (χ2v) is 9.76. The van der Waals surface area contributed by atoms with E-state index in [9.17, 15) is 29.1 Å². The fourth-order valence-electron chi connectivity index (χ4n) is 3.31. The highest BCUT2D eigenvalue weighted by atomic mass is 32.2. The molecule has 0 bridgehead atoms. The smallest absolute Gasteiger partial charge is 0.326 e. The quantitative estimate of drug-likeness (QED) is 0.171. The van der Waals surface area contributed by atoms with E-state index < -0.39 is 53.8 Å². The number of primary amides is 1. The molecule has 12 heteroatoms. The van der Waals surface area contributed by atoms with E-state index in [0.29, 0.717) is 12.2 Å². The van der Waals surface area contributed by atoms with Gasteiger partial charge in [0.15, 0.2) is 0 Å². The molecule has 4 unspecified atom stereocenters. The van der Waals surface area contributed by atoms with Gasteiger partial charge in [0, 0.05) is 12.8 Å². The molecule has 0 fully saturated rings. The fourth-order valence-corrected chi connectivity index (χ4v) is 3.80. The lowest BCUT2D eigenvalue weighted by Gasteiger charge is -2.27. The molecule has 0 aliphatic carbocycles. The average Bonchev–Trinajstić information content (AvgIpc) is 2.82. The van der Waals surface area contributed by atoms with E-state index in [1.807, 2.05) is 6.26 Å². The first-order valence-corrected chi connectivity index (χ1v) is 13.1. The summed E-state index contributed by atoms with van der Waals surface area (Å²) in [5.41, 5.74) is 11.8. The SMILES string of the molecule is CSCCC(N)C(=O)NC(C(=O)NC(Cc1ccccc1)C(=O)NC(CCC(N)=O)C(=O)O)C(C)C. The average molecular weight is 524 g/mol. The summed E-state index contributed by atoms with van der Waals surface area (Å²) in [7, 11) is 0. The van der Waals surface area contributed by atoms with Gasteiger partial charge in [0.1, 0.15) is 18.1 Å². The number of nitrogens with one attached hydrogen (secondary N) is 3. The minimum atomic E-state index is -1.37. The Hall–Kier alpha value is -3.12. The van der Waals surface area contributed by atoms with E-state index in [0.717, 1.165) is 5.56 Å². The Bertz CT molecular complexity index is 898. The number of carbonyl (C=O) groups is 5. The van der Waals surface area contributed by atoms with E-state index in [2.05, 4.69) is 16.0 Å². The molecule has 200 valence electrons. The highest BCUT2D eigenvalue weighted by molar-refractivity contribution is 7.98. The molecule has 0 spiro atoms. The Labute approximate surface area is 215 Å². The Morgan fingerprint density at radius 1 is 0.917 bits per heavy atom. The molecule has 0 aromatic heterocycles. The van der Waals surface area contributed by atoms with Crippen LogP contribution >= 0.6 is 11.8 Å². The van der Waals surface area contributed by atoms with Crippen LogP contribution in [0.25, 0.3) is 0 Å². The summed E-state index contributed by atoms with van der Waals surface area (Å²) in [4.78, 5) is 61.4. The van der Waals surface area contributed by atoms with Gasteiger partial charge in [0.25, 0.3) is 0 Å². The molecule has 4 amide bonds. The van der Waals surface area contributed by atoms with Gasteiger partial charge in [0.2, 0.25) is 23.6 Å². The standard InChI is InChI=1S/C24H37N5O6S/c1-14(2)20(29-21(31)16(25)11-12-36-3)23(33)28-18(13-15-7-5-4-6-8-15)22(32)27-17(24(34)35)9-10-19(26)30/h4-8,14,16-18,20H,9-13,25H2,1-3H3,(H2,26,30)(H,27,32)(H,28,33)(H,29,31)(H,34,35). The topological polar surface area (TPSA) is 194 Å². The van der Waals surface area contributed by atoms with Crippen molar-refractivity contribution in [1.82, 2.24) is 16.0 Å². The molecule has 0 saturated carbocycles. The lowest BCUT2D eigenvalue weighted by atomic mass is 10.00. The maximum Gasteiger partial charge on any atom is 0.326 e. The van der Waals surface area contributed by atoms with Crippen LogP contribution in [0.3, 0.4) is 0 Å². The van der Waals surface area contributed by atoms with Crippen LogP contribution in [0.15, 0.2) is 30.3 Å². The number of aliphatic carboxylic acids is 1. The highest BCUT2D eigenvalue weighted by Crippen LogP contribution is 2.09. The Kier molecular flexibility index (Phi) is 13.6. The normalized spacial score (nSPS) is 14.2. The van der Waals surface area contributed by atoms with Crippen LogP contribution in [0, 0.1) is 5.92 Å². The third-order valence-corrected chi connectivity index (χ3v) is 6.07. The predicted molar refractivity (Wildman–Crippen MR) is 138 cm³/mol. The molecule has 0 saturated heterocycles. The molecular formula is C24H37N5O6S. The van der Waals surface area contributed by atoms with Crippen molar-refractivity contribution in [2.24, 2.45) is 17.4 Å². The van der Waals surface area contributed by atoms with E-state index >= 15 is 0 Å². The summed E-state index contributed by atoms with van der Waals surface area (Å²) in [6, 6.07) is 4.62. The third-order valence-electron chi connectivity index (χ3n) is 5.43. The van der Waals surface area contributed by atoms with Crippen molar-refractivity contribution in [3.8, 4) is 0 Å². The number of hydrogen-bond acceptors (Lipinski definition) is 7. The predicted octanol–water partition coefficient (Wildman–Crippen LogP) is -0.230. The lowest BCUT2D eigenvalue weighted by molar-refractivity contribution is -0.142. The Morgan fingerprint density at radius 3 is 2.06 bits per heavy atom. The van der Waals surface area contributed by atoms with Crippen LogP contribution in [0.5, 0.6) is 0 Å². The van der Waals surface area contributed by atoms with Gasteiger partial charge in [-0.15, -0.1) is 0 Å². The zero-order valence-electron chi connectivity index (χ0n) is 20.9. The van der Waals surface area contributed by atoms with Crippen LogP contribution in [0.2, 0.25) is 0 Å². The summed E-state index contributed by atoms with van der Waals surface area (Å²) in [6.07, 6.45) is 1.99. The van der Waals surface area contributed by atoms with Crippen molar-refractivity contribution in [2.75, 3.05) is 12.0 Å². The van der Waals surface area contributed by atoms with Crippen LogP contribution in [0.1, 0.15) is 38.7 Å². The number of rotatable bonds is 16. The number of carboxylic acid groups (broad SMARTS) is 1. The molecule has 8 N–H and O–H groups in total. The first-order valence-electron chi connectivity index (χ1n) is 11.7. The van der Waals surface area contributed by atoms with Gasteiger partial charge < -0.3 is 32.5 Å². The second kappa shape index (κ2) is 15.8. The zero-order valence-corrected chi connectivity index (χ0v) is 21.7. The zero-order chi connectivity index (χ0) is 27.3. The molecule has 1 rings (SSSR count). The van der Waals surface area contributed by atoms with E-state index in [1.165, 1.54) is 0 Å². The van der Waals surface area contributed by atoms with Crippen molar-refractivity contribution in [3.63, 3.8) is 0 Å². The molecule has 1 aromatic rings. The minimum Gasteiger partial charge on any atom is -0.480 e. The first-order chi connectivity index (χ1) is 17.0. The number of carboxylic acids is 1. The van der Waals surface area contributed by atoms with E-state index in [4.69, 9.17) is 11.5 Å².